The first-order valence-corrected chi connectivity index (χ1v) is 6.57. The van der Waals surface area contributed by atoms with Gasteiger partial charge in [-0.15, -0.1) is 11.8 Å². The Kier molecular flexibility index (Phi) is 2.32. The fourth-order valence-corrected chi connectivity index (χ4v) is 3.22. The molecule has 0 aromatic heterocycles. The van der Waals surface area contributed by atoms with Crippen molar-refractivity contribution in [3.8, 4) is 11.5 Å². The summed E-state index contributed by atoms with van der Waals surface area (Å²) in [6.07, 6.45) is 3.36. The maximum atomic E-state index is 11.8. The predicted octanol–water partition coefficient (Wildman–Crippen LogP) is 2.33. The van der Waals surface area contributed by atoms with Gasteiger partial charge in [0.2, 0.25) is 6.79 Å². The number of hydrogen-bond donors (Lipinski definition) is 0. The molecule has 1 aromatic carbocycles. The van der Waals surface area contributed by atoms with Crippen molar-refractivity contribution >= 4 is 17.5 Å². The van der Waals surface area contributed by atoms with Gasteiger partial charge >= 0.3 is 0 Å². The smallest absolute Gasteiger partial charge is 0.231 e. The average molecular weight is 236 g/mol. The summed E-state index contributed by atoms with van der Waals surface area (Å²) in [6.45, 7) is 0.295. The molecule has 1 aliphatic carbocycles. The monoisotopic (exact) mass is 236 g/mol. The Morgan fingerprint density at radius 3 is 3.00 bits per heavy atom. The molecule has 3 nitrogen and oxygen atoms in total. The molecule has 84 valence electrons. The van der Waals surface area contributed by atoms with E-state index in [1.165, 1.54) is 0 Å². The highest BCUT2D eigenvalue weighted by Gasteiger charge is 2.31. The van der Waals surface area contributed by atoms with E-state index in [2.05, 4.69) is 0 Å². The number of fused-ring (bicyclic) bond motifs is 3. The lowest BCUT2D eigenvalue weighted by atomic mass is 9.89. The molecule has 0 saturated carbocycles. The third-order valence-electron chi connectivity index (χ3n) is 3.11. The van der Waals surface area contributed by atoms with Crippen molar-refractivity contribution in [2.45, 2.75) is 18.1 Å². The van der Waals surface area contributed by atoms with E-state index in [9.17, 15) is 4.79 Å². The van der Waals surface area contributed by atoms with Crippen LogP contribution < -0.4 is 9.47 Å². The summed E-state index contributed by atoms with van der Waals surface area (Å²) >= 11 is 1.60. The lowest BCUT2D eigenvalue weighted by Gasteiger charge is -2.23. The van der Waals surface area contributed by atoms with Gasteiger partial charge in [-0.2, -0.15) is 0 Å². The summed E-state index contributed by atoms with van der Waals surface area (Å²) in [5.74, 6) is 1.98. The third kappa shape index (κ3) is 1.33. The molecule has 1 aliphatic heterocycles. The van der Waals surface area contributed by atoms with E-state index in [0.717, 1.165) is 29.0 Å². The SMILES string of the molecule is CSC1C(=O)CCc2c1ccc1c2OCO1. The van der Waals surface area contributed by atoms with Crippen LogP contribution in [0.25, 0.3) is 0 Å². The summed E-state index contributed by atoms with van der Waals surface area (Å²) < 4.78 is 10.8. The van der Waals surface area contributed by atoms with E-state index in [0.29, 0.717) is 19.0 Å². The Labute approximate surface area is 98.1 Å². The van der Waals surface area contributed by atoms with Gasteiger partial charge in [0, 0.05) is 12.0 Å². The summed E-state index contributed by atoms with van der Waals surface area (Å²) in [5, 5.41) is -0.0294. The van der Waals surface area contributed by atoms with Crippen molar-refractivity contribution < 1.29 is 14.3 Å². The Bertz CT molecular complexity index is 456. The molecule has 0 amide bonds. The molecule has 1 heterocycles. The highest BCUT2D eigenvalue weighted by molar-refractivity contribution is 7.99. The number of rotatable bonds is 1. The molecule has 1 unspecified atom stereocenters. The van der Waals surface area contributed by atoms with Crippen molar-refractivity contribution in [1.29, 1.82) is 0 Å². The maximum Gasteiger partial charge on any atom is 0.231 e. The Morgan fingerprint density at radius 2 is 2.19 bits per heavy atom. The number of thioether (sulfide) groups is 1. The van der Waals surface area contributed by atoms with Crippen LogP contribution in [0, 0.1) is 0 Å². The van der Waals surface area contributed by atoms with E-state index >= 15 is 0 Å². The molecule has 1 atom stereocenters. The summed E-state index contributed by atoms with van der Waals surface area (Å²) in [4.78, 5) is 11.8. The Balaban J connectivity index is 2.14. The minimum atomic E-state index is -0.0294. The largest absolute Gasteiger partial charge is 0.454 e. The highest BCUT2D eigenvalue weighted by Crippen LogP contribution is 2.45. The van der Waals surface area contributed by atoms with Gasteiger partial charge in [0.25, 0.3) is 0 Å². The summed E-state index contributed by atoms with van der Waals surface area (Å²) in [6, 6.07) is 3.91. The molecule has 1 aromatic rings. The molecule has 16 heavy (non-hydrogen) atoms. The van der Waals surface area contributed by atoms with Crippen LogP contribution in [-0.4, -0.2) is 18.8 Å². The summed E-state index contributed by atoms with van der Waals surface area (Å²) in [7, 11) is 0. The number of benzene rings is 1. The van der Waals surface area contributed by atoms with E-state index in [-0.39, 0.29) is 5.25 Å². The van der Waals surface area contributed by atoms with Crippen LogP contribution in [0.15, 0.2) is 12.1 Å². The molecule has 0 bridgehead atoms. The second-order valence-corrected chi connectivity index (χ2v) is 4.89. The molecule has 0 radical (unpaired) electrons. The van der Waals surface area contributed by atoms with Crippen LogP contribution in [0.3, 0.4) is 0 Å². The number of ether oxygens (including phenoxy) is 2. The Morgan fingerprint density at radius 1 is 1.31 bits per heavy atom. The first-order valence-electron chi connectivity index (χ1n) is 5.28. The minimum absolute atomic E-state index is 0.0294. The predicted molar refractivity (Wildman–Crippen MR) is 62.1 cm³/mol. The molecule has 4 heteroatoms. The second kappa shape index (κ2) is 3.70. The first kappa shape index (κ1) is 10.0. The number of carbonyl (C=O) groups is 1. The van der Waals surface area contributed by atoms with Gasteiger partial charge in [0.1, 0.15) is 0 Å². The van der Waals surface area contributed by atoms with E-state index < -0.39 is 0 Å². The molecule has 0 N–H and O–H groups in total. The van der Waals surface area contributed by atoms with Gasteiger partial charge in [-0.05, 0) is 24.3 Å². The van der Waals surface area contributed by atoms with Gasteiger partial charge in [0.15, 0.2) is 17.3 Å². The van der Waals surface area contributed by atoms with Crippen LogP contribution in [0.1, 0.15) is 22.8 Å². The maximum absolute atomic E-state index is 11.8. The Hall–Kier alpha value is -1.16. The van der Waals surface area contributed by atoms with Gasteiger partial charge in [-0.25, -0.2) is 0 Å². The van der Waals surface area contributed by atoms with Crippen molar-refractivity contribution in [3.63, 3.8) is 0 Å². The van der Waals surface area contributed by atoms with E-state index in [4.69, 9.17) is 9.47 Å². The van der Waals surface area contributed by atoms with Crippen molar-refractivity contribution in [3.05, 3.63) is 23.3 Å². The zero-order valence-electron chi connectivity index (χ0n) is 8.99. The second-order valence-electron chi connectivity index (χ2n) is 3.95. The fraction of sp³-hybridized carbons (Fsp3) is 0.417. The van der Waals surface area contributed by atoms with Crippen molar-refractivity contribution in [2.75, 3.05) is 13.0 Å². The van der Waals surface area contributed by atoms with Gasteiger partial charge < -0.3 is 9.47 Å². The van der Waals surface area contributed by atoms with Crippen LogP contribution in [0.5, 0.6) is 11.5 Å². The zero-order chi connectivity index (χ0) is 11.1. The zero-order valence-corrected chi connectivity index (χ0v) is 9.80. The number of Topliss-reactive ketones (excluding diaryl/α,β-unsaturated/α-hetero) is 1. The molecular formula is C12H12O3S. The van der Waals surface area contributed by atoms with E-state index in [1.807, 2.05) is 18.4 Å². The standard InChI is InChI=1S/C12H12O3S/c1-16-12-8-3-5-10-11(15-6-14-10)7(8)2-4-9(12)13/h3,5,12H,2,4,6H2,1H3. The van der Waals surface area contributed by atoms with Crippen LogP contribution >= 0.6 is 11.8 Å². The van der Waals surface area contributed by atoms with Crippen LogP contribution in [0.4, 0.5) is 0 Å². The van der Waals surface area contributed by atoms with Gasteiger partial charge in [0.05, 0.1) is 5.25 Å². The third-order valence-corrected chi connectivity index (χ3v) is 4.10. The molecule has 3 rings (SSSR count). The highest BCUT2D eigenvalue weighted by atomic mass is 32.2. The normalized spacial score (nSPS) is 22.1. The molecule has 0 spiro atoms. The lowest BCUT2D eigenvalue weighted by molar-refractivity contribution is -0.119. The van der Waals surface area contributed by atoms with Crippen LogP contribution in [0.2, 0.25) is 0 Å². The first-order chi connectivity index (χ1) is 7.81. The molecular weight excluding hydrogens is 224 g/mol. The van der Waals surface area contributed by atoms with Gasteiger partial charge in [-0.3, -0.25) is 4.79 Å². The molecule has 2 aliphatic rings. The van der Waals surface area contributed by atoms with E-state index in [1.54, 1.807) is 11.8 Å². The van der Waals surface area contributed by atoms with Crippen molar-refractivity contribution in [1.82, 2.24) is 0 Å². The topological polar surface area (TPSA) is 35.5 Å². The number of hydrogen-bond acceptors (Lipinski definition) is 4. The lowest BCUT2D eigenvalue weighted by Crippen LogP contribution is -2.18. The van der Waals surface area contributed by atoms with Gasteiger partial charge in [-0.1, -0.05) is 6.07 Å². The van der Waals surface area contributed by atoms with Crippen molar-refractivity contribution in [2.24, 2.45) is 0 Å². The quantitative estimate of drug-likeness (QED) is 0.749. The summed E-state index contributed by atoms with van der Waals surface area (Å²) in [5.41, 5.74) is 2.27. The molecule has 0 saturated heterocycles. The number of carbonyl (C=O) groups excluding carboxylic acids is 1. The van der Waals surface area contributed by atoms with Crippen LogP contribution in [-0.2, 0) is 11.2 Å². The molecule has 0 fully saturated rings. The average Bonchev–Trinajstić information content (AvgIpc) is 2.76. The number of ketones is 1. The fourth-order valence-electron chi connectivity index (χ4n) is 2.36. The minimum Gasteiger partial charge on any atom is -0.454 e.